The predicted octanol–water partition coefficient (Wildman–Crippen LogP) is 1.36. The second-order valence-electron chi connectivity index (χ2n) is 5.47. The van der Waals surface area contributed by atoms with E-state index in [1.807, 2.05) is 27.7 Å². The fourth-order valence-electron chi connectivity index (χ4n) is 1.98. The second-order valence-corrected chi connectivity index (χ2v) is 5.47. The Kier molecular flexibility index (Phi) is 4.38. The quantitative estimate of drug-likeness (QED) is 0.814. The van der Waals surface area contributed by atoms with Crippen LogP contribution in [0.5, 0.6) is 0 Å². The van der Waals surface area contributed by atoms with Crippen molar-refractivity contribution in [1.82, 2.24) is 4.90 Å². The molecule has 1 fully saturated rings. The van der Waals surface area contributed by atoms with Gasteiger partial charge in [-0.05, 0) is 34.1 Å². The molecular weight excluding hydrogens is 220 g/mol. The zero-order valence-electron chi connectivity index (χ0n) is 11.3. The van der Waals surface area contributed by atoms with Crippen molar-refractivity contribution in [2.75, 3.05) is 26.2 Å². The smallest absolute Gasteiger partial charge is 0.410 e. The summed E-state index contributed by atoms with van der Waals surface area (Å²) in [6.45, 7) is 9.73. The van der Waals surface area contributed by atoms with E-state index in [-0.39, 0.29) is 11.7 Å². The second kappa shape index (κ2) is 5.23. The van der Waals surface area contributed by atoms with E-state index in [4.69, 9.17) is 15.2 Å². The first-order chi connectivity index (χ1) is 7.82. The fourth-order valence-corrected chi connectivity index (χ4v) is 1.98. The maximum atomic E-state index is 11.9. The number of likely N-dealkylation sites (tertiary alicyclic amines) is 1. The summed E-state index contributed by atoms with van der Waals surface area (Å²) < 4.78 is 11.0. The van der Waals surface area contributed by atoms with E-state index in [0.29, 0.717) is 26.2 Å². The molecule has 1 atom stereocenters. The Morgan fingerprint density at radius 3 is 2.59 bits per heavy atom. The molecule has 5 heteroatoms. The number of ether oxygens (including phenoxy) is 2. The number of amides is 1. The zero-order chi connectivity index (χ0) is 13.1. The zero-order valence-corrected chi connectivity index (χ0v) is 11.3. The molecule has 17 heavy (non-hydrogen) atoms. The molecule has 0 bridgehead atoms. The topological polar surface area (TPSA) is 64.8 Å². The maximum absolute atomic E-state index is 11.9. The summed E-state index contributed by atoms with van der Waals surface area (Å²) in [6, 6.07) is 0. The lowest BCUT2D eigenvalue weighted by molar-refractivity contribution is -0.0275. The SMILES string of the molecule is CCOC1(CN)CCN(C(=O)OC(C)(C)C)C1. The molecule has 1 unspecified atom stereocenters. The molecule has 1 amide bonds. The first kappa shape index (κ1) is 14.3. The van der Waals surface area contributed by atoms with Crippen LogP contribution in [0.15, 0.2) is 0 Å². The molecule has 0 spiro atoms. The van der Waals surface area contributed by atoms with Gasteiger partial charge in [-0.2, -0.15) is 0 Å². The Balaban J connectivity index is 2.57. The first-order valence-electron chi connectivity index (χ1n) is 6.14. The molecule has 1 aliphatic heterocycles. The van der Waals surface area contributed by atoms with Gasteiger partial charge in [-0.1, -0.05) is 0 Å². The predicted molar refractivity (Wildman–Crippen MR) is 65.8 cm³/mol. The average molecular weight is 244 g/mol. The van der Waals surface area contributed by atoms with Crippen molar-refractivity contribution in [3.05, 3.63) is 0 Å². The highest BCUT2D eigenvalue weighted by Crippen LogP contribution is 2.25. The molecule has 5 nitrogen and oxygen atoms in total. The van der Waals surface area contributed by atoms with E-state index >= 15 is 0 Å². The van der Waals surface area contributed by atoms with Crippen LogP contribution in [0, 0.1) is 0 Å². The molecule has 0 radical (unpaired) electrons. The van der Waals surface area contributed by atoms with Gasteiger partial charge in [0.2, 0.25) is 0 Å². The molecule has 0 saturated carbocycles. The summed E-state index contributed by atoms with van der Waals surface area (Å²) in [5.41, 5.74) is 4.90. The molecule has 2 N–H and O–H groups in total. The van der Waals surface area contributed by atoms with Gasteiger partial charge in [0.1, 0.15) is 5.60 Å². The lowest BCUT2D eigenvalue weighted by atomic mass is 10.0. The van der Waals surface area contributed by atoms with Gasteiger partial charge in [0.05, 0.1) is 12.1 Å². The van der Waals surface area contributed by atoms with Crippen LogP contribution in [0.3, 0.4) is 0 Å². The Hall–Kier alpha value is -0.810. The highest BCUT2D eigenvalue weighted by Gasteiger charge is 2.40. The van der Waals surface area contributed by atoms with Gasteiger partial charge in [-0.25, -0.2) is 4.79 Å². The normalized spacial score (nSPS) is 25.1. The molecule has 0 aromatic carbocycles. The van der Waals surface area contributed by atoms with Gasteiger partial charge in [-0.3, -0.25) is 0 Å². The van der Waals surface area contributed by atoms with E-state index in [1.165, 1.54) is 0 Å². The molecule has 1 saturated heterocycles. The number of carbonyl (C=O) groups is 1. The number of hydrogen-bond acceptors (Lipinski definition) is 4. The molecular formula is C12H24N2O3. The highest BCUT2D eigenvalue weighted by molar-refractivity contribution is 5.68. The molecule has 1 heterocycles. The number of nitrogens with two attached hydrogens (primary N) is 1. The lowest BCUT2D eigenvalue weighted by Crippen LogP contribution is -2.45. The third-order valence-electron chi connectivity index (χ3n) is 2.79. The number of nitrogens with zero attached hydrogens (tertiary/aromatic N) is 1. The van der Waals surface area contributed by atoms with Crippen molar-refractivity contribution in [3.63, 3.8) is 0 Å². The van der Waals surface area contributed by atoms with Crippen molar-refractivity contribution < 1.29 is 14.3 Å². The van der Waals surface area contributed by atoms with E-state index in [1.54, 1.807) is 4.90 Å². The highest BCUT2D eigenvalue weighted by atomic mass is 16.6. The molecule has 0 aromatic heterocycles. The van der Waals surface area contributed by atoms with Crippen LogP contribution in [-0.4, -0.2) is 48.4 Å². The summed E-state index contributed by atoms with van der Waals surface area (Å²) >= 11 is 0. The minimum absolute atomic E-state index is 0.285. The van der Waals surface area contributed by atoms with Crippen LogP contribution in [0.2, 0.25) is 0 Å². The van der Waals surface area contributed by atoms with E-state index < -0.39 is 5.60 Å². The van der Waals surface area contributed by atoms with Gasteiger partial charge < -0.3 is 20.1 Å². The summed E-state index contributed by atoms with van der Waals surface area (Å²) in [5.74, 6) is 0. The van der Waals surface area contributed by atoms with Crippen LogP contribution >= 0.6 is 0 Å². The summed E-state index contributed by atoms with van der Waals surface area (Å²) in [4.78, 5) is 13.6. The Morgan fingerprint density at radius 1 is 1.47 bits per heavy atom. The summed E-state index contributed by atoms with van der Waals surface area (Å²) in [5, 5.41) is 0. The van der Waals surface area contributed by atoms with Crippen LogP contribution in [0.1, 0.15) is 34.1 Å². The minimum atomic E-state index is -0.462. The molecule has 0 aromatic rings. The van der Waals surface area contributed by atoms with Gasteiger partial charge in [0, 0.05) is 19.7 Å². The Labute approximate surface area is 103 Å². The third kappa shape index (κ3) is 3.85. The van der Waals surface area contributed by atoms with Gasteiger partial charge in [-0.15, -0.1) is 0 Å². The first-order valence-corrected chi connectivity index (χ1v) is 6.14. The largest absolute Gasteiger partial charge is 0.444 e. The Morgan fingerprint density at radius 2 is 2.12 bits per heavy atom. The number of carbonyl (C=O) groups excluding carboxylic acids is 1. The molecule has 1 rings (SSSR count). The fraction of sp³-hybridized carbons (Fsp3) is 0.917. The molecule has 0 aliphatic carbocycles. The van der Waals surface area contributed by atoms with Gasteiger partial charge in [0.15, 0.2) is 0 Å². The van der Waals surface area contributed by atoms with E-state index in [2.05, 4.69) is 0 Å². The minimum Gasteiger partial charge on any atom is -0.444 e. The van der Waals surface area contributed by atoms with Crippen LogP contribution in [0.25, 0.3) is 0 Å². The van der Waals surface area contributed by atoms with Crippen molar-refractivity contribution in [2.45, 2.75) is 45.3 Å². The van der Waals surface area contributed by atoms with Crippen LogP contribution in [0.4, 0.5) is 4.79 Å². The monoisotopic (exact) mass is 244 g/mol. The third-order valence-corrected chi connectivity index (χ3v) is 2.79. The number of hydrogen-bond donors (Lipinski definition) is 1. The molecule has 1 aliphatic rings. The van der Waals surface area contributed by atoms with Crippen molar-refractivity contribution in [3.8, 4) is 0 Å². The van der Waals surface area contributed by atoms with Crippen molar-refractivity contribution >= 4 is 6.09 Å². The van der Waals surface area contributed by atoms with Crippen LogP contribution < -0.4 is 5.73 Å². The van der Waals surface area contributed by atoms with Gasteiger partial charge >= 0.3 is 6.09 Å². The van der Waals surface area contributed by atoms with Crippen molar-refractivity contribution in [1.29, 1.82) is 0 Å². The maximum Gasteiger partial charge on any atom is 0.410 e. The lowest BCUT2D eigenvalue weighted by Gasteiger charge is -2.28. The van der Waals surface area contributed by atoms with E-state index in [0.717, 1.165) is 6.42 Å². The molecule has 100 valence electrons. The summed E-state index contributed by atoms with van der Waals surface area (Å²) in [7, 11) is 0. The van der Waals surface area contributed by atoms with Crippen molar-refractivity contribution in [2.24, 2.45) is 5.73 Å². The Bertz CT molecular complexity index is 275. The standard InChI is InChI=1S/C12H24N2O3/c1-5-16-12(8-13)6-7-14(9-12)10(15)17-11(2,3)4/h5-9,13H2,1-4H3. The van der Waals surface area contributed by atoms with Gasteiger partial charge in [0.25, 0.3) is 0 Å². The summed E-state index contributed by atoms with van der Waals surface area (Å²) in [6.07, 6.45) is 0.490. The average Bonchev–Trinajstić information content (AvgIpc) is 2.61. The number of rotatable bonds is 3. The van der Waals surface area contributed by atoms with Crippen LogP contribution in [-0.2, 0) is 9.47 Å². The van der Waals surface area contributed by atoms with E-state index in [9.17, 15) is 4.79 Å².